The second-order valence-corrected chi connectivity index (χ2v) is 4.49. The summed E-state index contributed by atoms with van der Waals surface area (Å²) >= 11 is 4.71. The van der Waals surface area contributed by atoms with Gasteiger partial charge in [0.05, 0.1) is 10.8 Å². The maximum atomic E-state index is 11.1. The van der Waals surface area contributed by atoms with Crippen molar-refractivity contribution in [2.45, 2.75) is 5.03 Å². The number of carbonyl (C=O) groups excluding carboxylic acids is 1. The third kappa shape index (κ3) is 4.21. The van der Waals surface area contributed by atoms with E-state index in [2.05, 4.69) is 20.9 Å². The number of hydrogen-bond donors (Lipinski definition) is 0. The lowest BCUT2D eigenvalue weighted by Crippen LogP contribution is -2.08. The molecule has 1 heterocycles. The Bertz CT molecular complexity index is 302. The van der Waals surface area contributed by atoms with Crippen LogP contribution in [0.5, 0.6) is 0 Å². The predicted octanol–water partition coefficient (Wildman–Crippen LogP) is 2.15. The van der Waals surface area contributed by atoms with Crippen molar-refractivity contribution in [3.63, 3.8) is 0 Å². The van der Waals surface area contributed by atoms with E-state index in [1.165, 1.54) is 18.9 Å². The molecule has 14 heavy (non-hydrogen) atoms. The van der Waals surface area contributed by atoms with E-state index in [9.17, 15) is 4.79 Å². The Kier molecular flexibility index (Phi) is 5.14. The molecule has 0 aliphatic carbocycles. The van der Waals surface area contributed by atoms with Crippen LogP contribution in [0.4, 0.5) is 0 Å². The monoisotopic (exact) mass is 275 g/mol. The molecule has 3 nitrogen and oxygen atoms in total. The van der Waals surface area contributed by atoms with Gasteiger partial charge in [-0.05, 0) is 28.1 Å². The summed E-state index contributed by atoms with van der Waals surface area (Å²) in [6.07, 6.45) is 1.71. The average molecular weight is 276 g/mol. The van der Waals surface area contributed by atoms with Crippen LogP contribution in [-0.2, 0) is 9.53 Å². The summed E-state index contributed by atoms with van der Waals surface area (Å²) in [6, 6.07) is 3.77. The number of methoxy groups -OCH3 is 1. The first-order chi connectivity index (χ1) is 6.72. The zero-order chi connectivity index (χ0) is 10.4. The van der Waals surface area contributed by atoms with E-state index in [0.29, 0.717) is 5.75 Å². The third-order valence-electron chi connectivity index (χ3n) is 1.39. The largest absolute Gasteiger partial charge is 0.377 e. The minimum Gasteiger partial charge on any atom is -0.377 e. The van der Waals surface area contributed by atoms with Crippen LogP contribution < -0.4 is 0 Å². The maximum absolute atomic E-state index is 11.1. The Morgan fingerprint density at radius 1 is 1.64 bits per heavy atom. The minimum atomic E-state index is 0.0715. The zero-order valence-electron chi connectivity index (χ0n) is 7.70. The lowest BCUT2D eigenvalue weighted by atomic mass is 10.5. The van der Waals surface area contributed by atoms with Crippen LogP contribution in [0.3, 0.4) is 0 Å². The van der Waals surface area contributed by atoms with Crippen LogP contribution in [0.25, 0.3) is 0 Å². The van der Waals surface area contributed by atoms with Gasteiger partial charge in [0, 0.05) is 17.8 Å². The summed E-state index contributed by atoms with van der Waals surface area (Å²) in [5.41, 5.74) is 0. The number of ether oxygens (including phenoxy) is 1. The number of thioether (sulfide) groups is 1. The molecular weight excluding hydrogens is 266 g/mol. The first kappa shape index (κ1) is 11.7. The van der Waals surface area contributed by atoms with Gasteiger partial charge in [0.15, 0.2) is 5.78 Å². The van der Waals surface area contributed by atoms with E-state index in [1.807, 2.05) is 12.1 Å². The van der Waals surface area contributed by atoms with Crippen molar-refractivity contribution in [2.75, 3.05) is 19.5 Å². The van der Waals surface area contributed by atoms with Crippen LogP contribution >= 0.6 is 27.7 Å². The summed E-state index contributed by atoms with van der Waals surface area (Å²) in [5, 5.41) is 0.845. The van der Waals surface area contributed by atoms with Crippen molar-refractivity contribution in [2.24, 2.45) is 0 Å². The Morgan fingerprint density at radius 2 is 2.43 bits per heavy atom. The molecule has 0 unspecified atom stereocenters. The fraction of sp³-hybridized carbons (Fsp3) is 0.333. The number of pyridine rings is 1. The fourth-order valence-corrected chi connectivity index (χ4v) is 1.72. The van der Waals surface area contributed by atoms with Crippen LogP contribution in [0.1, 0.15) is 0 Å². The van der Waals surface area contributed by atoms with Gasteiger partial charge in [-0.2, -0.15) is 0 Å². The highest BCUT2D eigenvalue weighted by Gasteiger charge is 2.02. The van der Waals surface area contributed by atoms with Crippen molar-refractivity contribution in [1.29, 1.82) is 0 Å². The Morgan fingerprint density at radius 3 is 3.00 bits per heavy atom. The van der Waals surface area contributed by atoms with Gasteiger partial charge < -0.3 is 4.74 Å². The summed E-state index contributed by atoms with van der Waals surface area (Å²) in [6.45, 7) is 0.170. The van der Waals surface area contributed by atoms with Gasteiger partial charge in [-0.1, -0.05) is 11.8 Å². The van der Waals surface area contributed by atoms with E-state index >= 15 is 0 Å². The van der Waals surface area contributed by atoms with Gasteiger partial charge in [-0.25, -0.2) is 4.98 Å². The summed E-state index contributed by atoms with van der Waals surface area (Å²) in [4.78, 5) is 15.2. The molecule has 0 fully saturated rings. The number of rotatable bonds is 5. The normalized spacial score (nSPS) is 10.1. The molecule has 0 N–H and O–H groups in total. The number of ketones is 1. The predicted molar refractivity (Wildman–Crippen MR) is 59.5 cm³/mol. The quantitative estimate of drug-likeness (QED) is 0.772. The number of halogens is 1. The van der Waals surface area contributed by atoms with Crippen molar-refractivity contribution < 1.29 is 9.53 Å². The molecule has 0 aromatic carbocycles. The second-order valence-electron chi connectivity index (χ2n) is 2.58. The molecule has 0 amide bonds. The average Bonchev–Trinajstić information content (AvgIpc) is 2.17. The standard InChI is InChI=1S/C9H10BrNO2S/c1-13-5-8(12)6-14-9-3-2-7(10)4-11-9/h2-4H,5-6H2,1H3. The molecular formula is C9H10BrNO2S. The smallest absolute Gasteiger partial charge is 0.168 e. The van der Waals surface area contributed by atoms with Crippen LogP contribution in [0, 0.1) is 0 Å². The molecule has 1 aromatic heterocycles. The highest BCUT2D eigenvalue weighted by atomic mass is 79.9. The Balaban J connectivity index is 2.38. The van der Waals surface area contributed by atoms with Crippen LogP contribution in [-0.4, -0.2) is 30.2 Å². The lowest BCUT2D eigenvalue weighted by molar-refractivity contribution is -0.120. The van der Waals surface area contributed by atoms with Crippen molar-refractivity contribution in [3.8, 4) is 0 Å². The Hall–Kier alpha value is -0.390. The third-order valence-corrected chi connectivity index (χ3v) is 2.86. The molecule has 0 bridgehead atoms. The maximum Gasteiger partial charge on any atom is 0.168 e. The van der Waals surface area contributed by atoms with Gasteiger partial charge in [-0.15, -0.1) is 0 Å². The molecule has 0 saturated heterocycles. The molecule has 0 saturated carbocycles. The van der Waals surface area contributed by atoms with Crippen molar-refractivity contribution in [3.05, 3.63) is 22.8 Å². The van der Waals surface area contributed by atoms with Crippen molar-refractivity contribution in [1.82, 2.24) is 4.98 Å². The molecule has 5 heteroatoms. The van der Waals surface area contributed by atoms with Gasteiger partial charge in [0.25, 0.3) is 0 Å². The van der Waals surface area contributed by atoms with Crippen molar-refractivity contribution >= 4 is 33.5 Å². The number of hydrogen-bond acceptors (Lipinski definition) is 4. The molecule has 76 valence electrons. The number of Topliss-reactive ketones (excluding diaryl/α,β-unsaturated/α-hetero) is 1. The summed E-state index contributed by atoms with van der Waals surface area (Å²) in [7, 11) is 1.51. The SMILES string of the molecule is COCC(=O)CSc1ccc(Br)cn1. The minimum absolute atomic E-state index is 0.0715. The van der Waals surface area contributed by atoms with E-state index in [0.717, 1.165) is 9.50 Å². The zero-order valence-corrected chi connectivity index (χ0v) is 10.1. The number of carbonyl (C=O) groups is 1. The van der Waals surface area contributed by atoms with Gasteiger partial charge >= 0.3 is 0 Å². The second kappa shape index (κ2) is 6.16. The molecule has 0 aliphatic rings. The molecule has 1 rings (SSSR count). The summed E-state index contributed by atoms with van der Waals surface area (Å²) < 4.78 is 5.66. The molecule has 0 aliphatic heterocycles. The highest BCUT2D eigenvalue weighted by Crippen LogP contribution is 2.17. The Labute approximate surface area is 95.4 Å². The van der Waals surface area contributed by atoms with Crippen LogP contribution in [0.15, 0.2) is 27.8 Å². The van der Waals surface area contributed by atoms with Gasteiger partial charge in [-0.3, -0.25) is 4.79 Å². The van der Waals surface area contributed by atoms with Gasteiger partial charge in [0.1, 0.15) is 6.61 Å². The molecule has 0 radical (unpaired) electrons. The molecule has 1 aromatic rings. The number of nitrogens with zero attached hydrogens (tertiary/aromatic N) is 1. The van der Waals surface area contributed by atoms with E-state index in [-0.39, 0.29) is 12.4 Å². The van der Waals surface area contributed by atoms with Gasteiger partial charge in [0.2, 0.25) is 0 Å². The van der Waals surface area contributed by atoms with Crippen LogP contribution in [0.2, 0.25) is 0 Å². The lowest BCUT2D eigenvalue weighted by Gasteiger charge is -1.99. The van der Waals surface area contributed by atoms with E-state index in [1.54, 1.807) is 6.20 Å². The molecule has 0 atom stereocenters. The fourth-order valence-electron chi connectivity index (χ4n) is 0.805. The molecule has 0 spiro atoms. The summed E-state index contributed by atoms with van der Waals surface area (Å²) in [5.74, 6) is 0.477. The first-order valence-corrected chi connectivity index (χ1v) is 5.75. The first-order valence-electron chi connectivity index (χ1n) is 3.97. The highest BCUT2D eigenvalue weighted by molar-refractivity contribution is 9.10. The topological polar surface area (TPSA) is 39.2 Å². The van der Waals surface area contributed by atoms with E-state index in [4.69, 9.17) is 4.74 Å². The van der Waals surface area contributed by atoms with E-state index < -0.39 is 0 Å². The number of aromatic nitrogens is 1.